The molecule has 2 aromatic carbocycles. The van der Waals surface area contributed by atoms with Crippen LogP contribution in [0.15, 0.2) is 42.5 Å². The van der Waals surface area contributed by atoms with Crippen molar-refractivity contribution in [1.29, 1.82) is 0 Å². The van der Waals surface area contributed by atoms with E-state index >= 15 is 0 Å². The predicted molar refractivity (Wildman–Crippen MR) is 105 cm³/mol. The molecule has 2 heterocycles. The van der Waals surface area contributed by atoms with Crippen LogP contribution in [0.5, 0.6) is 0 Å². The van der Waals surface area contributed by atoms with E-state index < -0.39 is 0 Å². The molecule has 0 spiro atoms. The first-order valence-electron chi connectivity index (χ1n) is 8.47. The van der Waals surface area contributed by atoms with Crippen molar-refractivity contribution in [3.63, 3.8) is 0 Å². The zero-order valence-corrected chi connectivity index (χ0v) is 15.8. The third-order valence-electron chi connectivity index (χ3n) is 4.80. The number of hydrogen-bond donors (Lipinski definition) is 0. The summed E-state index contributed by atoms with van der Waals surface area (Å²) in [6.07, 6.45) is 0. The number of halogens is 2. The molecule has 6 heteroatoms. The third-order valence-corrected chi connectivity index (χ3v) is 5.28. The molecule has 1 amide bonds. The first kappa shape index (κ1) is 17.4. The van der Waals surface area contributed by atoms with E-state index in [1.54, 1.807) is 0 Å². The molecular formula is C20H18Cl2N2O2. The number of aromatic nitrogens is 1. The monoisotopic (exact) mass is 388 g/mol. The van der Waals surface area contributed by atoms with Crippen LogP contribution >= 0.6 is 23.2 Å². The smallest absolute Gasteiger partial charge is 0.271 e. The lowest BCUT2D eigenvalue weighted by molar-refractivity contribution is 0.0297. The number of ether oxygens (including phenoxy) is 1. The van der Waals surface area contributed by atoms with E-state index in [0.717, 1.165) is 22.0 Å². The standard InChI is InChI=1S/C20H18Cl2N2O2/c1-23-17-7-6-15(22)12-16(17)18(13-2-4-14(21)5-3-13)19(23)20(25)24-8-10-26-11-9-24/h2-7,12H,8-11H2,1H3. The number of rotatable bonds is 2. The number of fused-ring (bicyclic) bond motifs is 1. The number of amides is 1. The van der Waals surface area contributed by atoms with Gasteiger partial charge in [0, 0.05) is 46.6 Å². The Kier molecular flexibility index (Phi) is 4.65. The maximum atomic E-state index is 13.3. The highest BCUT2D eigenvalue weighted by molar-refractivity contribution is 6.32. The van der Waals surface area contributed by atoms with Gasteiger partial charge >= 0.3 is 0 Å². The van der Waals surface area contributed by atoms with Crippen LogP contribution in [0.25, 0.3) is 22.0 Å². The van der Waals surface area contributed by atoms with Crippen LogP contribution in [-0.4, -0.2) is 41.7 Å². The fourth-order valence-corrected chi connectivity index (χ4v) is 3.79. The minimum atomic E-state index is 0.00747. The van der Waals surface area contributed by atoms with Crippen LogP contribution in [0.4, 0.5) is 0 Å². The van der Waals surface area contributed by atoms with Crippen LogP contribution in [0.1, 0.15) is 10.5 Å². The van der Waals surface area contributed by atoms with Crippen LogP contribution in [0.3, 0.4) is 0 Å². The van der Waals surface area contributed by atoms with Crippen LogP contribution in [-0.2, 0) is 11.8 Å². The second-order valence-corrected chi connectivity index (χ2v) is 7.23. The summed E-state index contributed by atoms with van der Waals surface area (Å²) in [5, 5.41) is 2.26. The van der Waals surface area contributed by atoms with Crippen molar-refractivity contribution in [2.75, 3.05) is 26.3 Å². The second-order valence-electron chi connectivity index (χ2n) is 6.36. The Bertz CT molecular complexity index is 974. The zero-order chi connectivity index (χ0) is 18.3. The van der Waals surface area contributed by atoms with E-state index in [-0.39, 0.29) is 5.91 Å². The molecule has 134 valence electrons. The molecule has 0 bridgehead atoms. The minimum absolute atomic E-state index is 0.00747. The van der Waals surface area contributed by atoms with Crippen molar-refractivity contribution in [1.82, 2.24) is 9.47 Å². The Morgan fingerprint density at radius 1 is 1.00 bits per heavy atom. The molecule has 1 saturated heterocycles. The lowest BCUT2D eigenvalue weighted by Crippen LogP contribution is -2.41. The van der Waals surface area contributed by atoms with Crippen molar-refractivity contribution in [3.05, 3.63) is 58.2 Å². The molecule has 4 nitrogen and oxygen atoms in total. The summed E-state index contributed by atoms with van der Waals surface area (Å²) in [4.78, 5) is 15.2. The molecule has 0 unspecified atom stereocenters. The Morgan fingerprint density at radius 3 is 2.35 bits per heavy atom. The highest BCUT2D eigenvalue weighted by Crippen LogP contribution is 2.37. The average molecular weight is 389 g/mol. The molecule has 0 radical (unpaired) electrons. The lowest BCUT2D eigenvalue weighted by Gasteiger charge is -2.27. The van der Waals surface area contributed by atoms with E-state index in [4.69, 9.17) is 27.9 Å². The Hall–Kier alpha value is -2.01. The molecule has 0 atom stereocenters. The summed E-state index contributed by atoms with van der Waals surface area (Å²) in [6, 6.07) is 13.3. The van der Waals surface area contributed by atoms with Gasteiger partial charge in [-0.2, -0.15) is 0 Å². The molecule has 0 aliphatic carbocycles. The van der Waals surface area contributed by atoms with E-state index in [1.165, 1.54) is 0 Å². The highest BCUT2D eigenvalue weighted by Gasteiger charge is 2.27. The van der Waals surface area contributed by atoms with Gasteiger partial charge in [0.1, 0.15) is 5.69 Å². The first-order valence-corrected chi connectivity index (χ1v) is 9.23. The Morgan fingerprint density at radius 2 is 1.65 bits per heavy atom. The Labute approximate surface area is 161 Å². The first-order chi connectivity index (χ1) is 12.6. The second kappa shape index (κ2) is 6.95. The third kappa shape index (κ3) is 2.98. The number of hydrogen-bond acceptors (Lipinski definition) is 2. The predicted octanol–water partition coefficient (Wildman–Crippen LogP) is 4.62. The van der Waals surface area contributed by atoms with E-state index in [0.29, 0.717) is 42.0 Å². The maximum Gasteiger partial charge on any atom is 0.271 e. The largest absolute Gasteiger partial charge is 0.378 e. The summed E-state index contributed by atoms with van der Waals surface area (Å²) in [5.41, 5.74) is 3.46. The van der Waals surface area contributed by atoms with Gasteiger partial charge in [0.2, 0.25) is 0 Å². The number of carbonyl (C=O) groups excluding carboxylic acids is 1. The topological polar surface area (TPSA) is 34.5 Å². The summed E-state index contributed by atoms with van der Waals surface area (Å²) >= 11 is 12.3. The number of nitrogens with zero attached hydrogens (tertiary/aromatic N) is 2. The van der Waals surface area contributed by atoms with Gasteiger partial charge in [0.15, 0.2) is 0 Å². The summed E-state index contributed by atoms with van der Waals surface area (Å²) in [6.45, 7) is 2.33. The van der Waals surface area contributed by atoms with Gasteiger partial charge in [-0.05, 0) is 35.9 Å². The summed E-state index contributed by atoms with van der Waals surface area (Å²) < 4.78 is 7.34. The van der Waals surface area contributed by atoms with Crippen molar-refractivity contribution in [2.24, 2.45) is 7.05 Å². The number of carbonyl (C=O) groups is 1. The molecule has 1 aliphatic heterocycles. The van der Waals surface area contributed by atoms with Gasteiger partial charge in [0.25, 0.3) is 5.91 Å². The van der Waals surface area contributed by atoms with Gasteiger partial charge in [-0.3, -0.25) is 4.79 Å². The SMILES string of the molecule is Cn1c(C(=O)N2CCOCC2)c(-c2ccc(Cl)cc2)c2cc(Cl)ccc21. The number of aryl methyl sites for hydroxylation is 1. The summed E-state index contributed by atoms with van der Waals surface area (Å²) in [7, 11) is 1.92. The average Bonchev–Trinajstić information content (AvgIpc) is 2.94. The van der Waals surface area contributed by atoms with Gasteiger partial charge in [-0.25, -0.2) is 0 Å². The van der Waals surface area contributed by atoms with Gasteiger partial charge < -0.3 is 14.2 Å². The van der Waals surface area contributed by atoms with Crippen molar-refractivity contribution < 1.29 is 9.53 Å². The summed E-state index contributed by atoms with van der Waals surface area (Å²) in [5.74, 6) is 0.00747. The molecule has 4 rings (SSSR count). The van der Waals surface area contributed by atoms with E-state index in [1.807, 2.05) is 59.0 Å². The van der Waals surface area contributed by atoms with Gasteiger partial charge in [-0.1, -0.05) is 35.3 Å². The van der Waals surface area contributed by atoms with Crippen molar-refractivity contribution in [3.8, 4) is 11.1 Å². The Balaban J connectivity index is 1.95. The lowest BCUT2D eigenvalue weighted by atomic mass is 10.0. The van der Waals surface area contributed by atoms with Gasteiger partial charge in [-0.15, -0.1) is 0 Å². The van der Waals surface area contributed by atoms with Crippen molar-refractivity contribution >= 4 is 40.0 Å². The molecule has 3 aromatic rings. The van der Waals surface area contributed by atoms with Crippen LogP contribution < -0.4 is 0 Å². The maximum absolute atomic E-state index is 13.3. The highest BCUT2D eigenvalue weighted by atomic mass is 35.5. The number of benzene rings is 2. The molecular weight excluding hydrogens is 371 g/mol. The fraction of sp³-hybridized carbons (Fsp3) is 0.250. The van der Waals surface area contributed by atoms with E-state index in [2.05, 4.69) is 0 Å². The van der Waals surface area contributed by atoms with Crippen molar-refractivity contribution in [2.45, 2.75) is 0 Å². The molecule has 1 fully saturated rings. The normalized spacial score (nSPS) is 14.8. The number of morpholine rings is 1. The van der Waals surface area contributed by atoms with E-state index in [9.17, 15) is 4.79 Å². The molecule has 0 N–H and O–H groups in total. The molecule has 0 saturated carbocycles. The van der Waals surface area contributed by atoms with Crippen LogP contribution in [0, 0.1) is 0 Å². The van der Waals surface area contributed by atoms with Crippen LogP contribution in [0.2, 0.25) is 10.0 Å². The minimum Gasteiger partial charge on any atom is -0.378 e. The molecule has 1 aliphatic rings. The molecule has 26 heavy (non-hydrogen) atoms. The molecule has 1 aromatic heterocycles. The van der Waals surface area contributed by atoms with Gasteiger partial charge in [0.05, 0.1) is 13.2 Å². The zero-order valence-electron chi connectivity index (χ0n) is 14.3. The quantitative estimate of drug-likeness (QED) is 0.641. The fourth-order valence-electron chi connectivity index (χ4n) is 3.49.